The van der Waals surface area contributed by atoms with E-state index in [4.69, 9.17) is 9.47 Å². The second-order valence-electron chi connectivity index (χ2n) is 8.28. The highest BCUT2D eigenvalue weighted by atomic mass is 16.6. The van der Waals surface area contributed by atoms with Crippen LogP contribution in [0, 0.1) is 0 Å². The smallest absolute Gasteiger partial charge is 0.408 e. The van der Waals surface area contributed by atoms with E-state index in [1.165, 1.54) is 12.0 Å². The van der Waals surface area contributed by atoms with Crippen molar-refractivity contribution in [1.82, 2.24) is 15.1 Å². The number of carboxylic acid groups (broad SMARTS) is 1. The van der Waals surface area contributed by atoms with E-state index in [9.17, 15) is 19.5 Å². The zero-order valence-electron chi connectivity index (χ0n) is 18.0. The predicted octanol–water partition coefficient (Wildman–Crippen LogP) is 2.31. The van der Waals surface area contributed by atoms with Gasteiger partial charge in [-0.25, -0.2) is 9.59 Å². The van der Waals surface area contributed by atoms with Gasteiger partial charge < -0.3 is 24.8 Å². The van der Waals surface area contributed by atoms with Crippen molar-refractivity contribution >= 4 is 18.1 Å². The Morgan fingerprint density at radius 3 is 2.47 bits per heavy atom. The van der Waals surface area contributed by atoms with Crippen molar-refractivity contribution in [2.24, 2.45) is 0 Å². The van der Waals surface area contributed by atoms with Gasteiger partial charge in [-0.15, -0.1) is 0 Å². The summed E-state index contributed by atoms with van der Waals surface area (Å²) in [6.45, 7) is 5.90. The number of piperidine rings is 1. The Labute approximate surface area is 176 Å². The topological polar surface area (TPSA) is 108 Å². The lowest BCUT2D eigenvalue weighted by molar-refractivity contribution is -0.137. The van der Waals surface area contributed by atoms with Gasteiger partial charge in [0.2, 0.25) is 5.91 Å². The molecule has 1 aromatic carbocycles. The number of nitrogens with one attached hydrogen (secondary N) is 1. The van der Waals surface area contributed by atoms with Gasteiger partial charge in [-0.1, -0.05) is 30.3 Å². The fraction of sp³-hybridized carbons (Fsp3) is 0.571. The fourth-order valence-corrected chi connectivity index (χ4v) is 3.46. The highest BCUT2D eigenvalue weighted by Crippen LogP contribution is 2.21. The normalized spacial score (nSPS) is 19.1. The number of alkyl carbamates (subject to hydrolysis) is 1. The van der Waals surface area contributed by atoms with E-state index in [1.807, 2.05) is 30.3 Å². The van der Waals surface area contributed by atoms with Crippen LogP contribution in [-0.4, -0.2) is 77.5 Å². The number of hydrogen-bond donors (Lipinski definition) is 2. The van der Waals surface area contributed by atoms with E-state index in [1.54, 1.807) is 25.7 Å². The molecule has 2 rings (SSSR count). The summed E-state index contributed by atoms with van der Waals surface area (Å²) in [6, 6.07) is 8.13. The van der Waals surface area contributed by atoms with Gasteiger partial charge in [0.1, 0.15) is 12.2 Å². The molecule has 1 heterocycles. The molecule has 0 bridgehead atoms. The van der Waals surface area contributed by atoms with Gasteiger partial charge in [0.25, 0.3) is 0 Å². The van der Waals surface area contributed by atoms with Crippen LogP contribution < -0.4 is 5.32 Å². The highest BCUT2D eigenvalue weighted by Gasteiger charge is 2.38. The monoisotopic (exact) mass is 421 g/mol. The van der Waals surface area contributed by atoms with Crippen molar-refractivity contribution in [2.45, 2.75) is 51.4 Å². The molecule has 30 heavy (non-hydrogen) atoms. The van der Waals surface area contributed by atoms with Crippen LogP contribution in [0.1, 0.15) is 32.8 Å². The number of benzene rings is 1. The maximum absolute atomic E-state index is 12.4. The number of rotatable bonds is 6. The first-order valence-corrected chi connectivity index (χ1v) is 9.90. The number of carbonyl (C=O) groups excluding carboxylic acids is 2. The summed E-state index contributed by atoms with van der Waals surface area (Å²) in [5.41, 5.74) is 0.143. The average molecular weight is 421 g/mol. The Hall–Kier alpha value is -2.81. The molecule has 2 atom stereocenters. The Morgan fingerprint density at radius 1 is 1.23 bits per heavy atom. The van der Waals surface area contributed by atoms with Crippen LogP contribution in [-0.2, 0) is 20.8 Å². The summed E-state index contributed by atoms with van der Waals surface area (Å²) in [5, 5.41) is 12.6. The number of likely N-dealkylation sites (tertiary alicyclic amines) is 1. The SMILES string of the molecule is COCC(=O)N1CC[C@@H](N(Cc2ccccc2)C(=O)O)[C@@H](NC(=O)OC(C)(C)C)C1. The Kier molecular flexibility index (Phi) is 8.05. The predicted molar refractivity (Wildman–Crippen MR) is 110 cm³/mol. The Morgan fingerprint density at radius 2 is 1.90 bits per heavy atom. The lowest BCUT2D eigenvalue weighted by Crippen LogP contribution is -2.62. The van der Waals surface area contributed by atoms with Gasteiger partial charge in [-0.3, -0.25) is 9.69 Å². The molecule has 0 aliphatic carbocycles. The van der Waals surface area contributed by atoms with E-state index >= 15 is 0 Å². The van der Waals surface area contributed by atoms with Crippen LogP contribution in [0.4, 0.5) is 9.59 Å². The van der Waals surface area contributed by atoms with Gasteiger partial charge in [0.05, 0.1) is 12.1 Å². The summed E-state index contributed by atoms with van der Waals surface area (Å²) in [6.07, 6.45) is -1.35. The van der Waals surface area contributed by atoms with Gasteiger partial charge in [0.15, 0.2) is 0 Å². The largest absolute Gasteiger partial charge is 0.465 e. The molecular weight excluding hydrogens is 390 g/mol. The van der Waals surface area contributed by atoms with Crippen LogP contribution in [0.3, 0.4) is 0 Å². The first-order valence-electron chi connectivity index (χ1n) is 9.90. The minimum Gasteiger partial charge on any atom is -0.465 e. The van der Waals surface area contributed by atoms with Gasteiger partial charge in [0, 0.05) is 26.7 Å². The van der Waals surface area contributed by atoms with Crippen molar-refractivity contribution < 1.29 is 29.0 Å². The molecule has 1 aromatic rings. The molecule has 1 fully saturated rings. The van der Waals surface area contributed by atoms with E-state index in [2.05, 4.69) is 5.32 Å². The molecule has 1 aliphatic heterocycles. The summed E-state index contributed by atoms with van der Waals surface area (Å²) in [4.78, 5) is 39.6. The molecule has 9 nitrogen and oxygen atoms in total. The first-order chi connectivity index (χ1) is 14.1. The van der Waals surface area contributed by atoms with Crippen molar-refractivity contribution in [3.8, 4) is 0 Å². The third kappa shape index (κ3) is 6.91. The van der Waals surface area contributed by atoms with Crippen LogP contribution in [0.2, 0.25) is 0 Å². The van der Waals surface area contributed by atoms with Crippen molar-refractivity contribution in [3.05, 3.63) is 35.9 Å². The second kappa shape index (κ2) is 10.3. The summed E-state index contributed by atoms with van der Waals surface area (Å²) < 4.78 is 10.3. The second-order valence-corrected chi connectivity index (χ2v) is 8.28. The minimum atomic E-state index is -1.09. The van der Waals surface area contributed by atoms with Crippen LogP contribution in [0.25, 0.3) is 0 Å². The molecule has 1 saturated heterocycles. The molecule has 1 aliphatic rings. The molecule has 2 N–H and O–H groups in total. The molecule has 0 aromatic heterocycles. The fourth-order valence-electron chi connectivity index (χ4n) is 3.46. The van der Waals surface area contributed by atoms with Crippen molar-refractivity contribution in [1.29, 1.82) is 0 Å². The number of ether oxygens (including phenoxy) is 2. The third-order valence-electron chi connectivity index (χ3n) is 4.74. The Balaban J connectivity index is 2.22. The Bertz CT molecular complexity index is 734. The standard InChI is InChI=1S/C21H31N3O6/c1-21(2,3)30-19(26)22-16-13-23(18(25)14-29-4)11-10-17(16)24(20(27)28)12-15-8-6-5-7-9-15/h5-9,16-17H,10-14H2,1-4H3,(H,22,26)(H,27,28)/t16-,17+/m0/s1. The molecule has 0 saturated carbocycles. The average Bonchev–Trinajstić information content (AvgIpc) is 2.65. The molecular formula is C21H31N3O6. The van der Waals surface area contributed by atoms with Crippen LogP contribution in [0.5, 0.6) is 0 Å². The minimum absolute atomic E-state index is 0.0729. The zero-order chi connectivity index (χ0) is 22.3. The third-order valence-corrected chi connectivity index (χ3v) is 4.74. The van der Waals surface area contributed by atoms with E-state index < -0.39 is 29.9 Å². The highest BCUT2D eigenvalue weighted by molar-refractivity contribution is 5.78. The van der Waals surface area contributed by atoms with Crippen molar-refractivity contribution in [3.63, 3.8) is 0 Å². The molecule has 3 amide bonds. The molecule has 0 radical (unpaired) electrons. The number of hydrogen-bond acceptors (Lipinski definition) is 5. The summed E-state index contributed by atoms with van der Waals surface area (Å²) in [5.74, 6) is -0.211. The molecule has 166 valence electrons. The number of carbonyl (C=O) groups is 3. The zero-order valence-corrected chi connectivity index (χ0v) is 18.0. The number of amides is 3. The van der Waals surface area contributed by atoms with Gasteiger partial charge in [-0.05, 0) is 32.8 Å². The molecule has 9 heteroatoms. The lowest BCUT2D eigenvalue weighted by Gasteiger charge is -2.43. The van der Waals surface area contributed by atoms with Gasteiger partial charge >= 0.3 is 12.2 Å². The number of methoxy groups -OCH3 is 1. The summed E-state index contributed by atoms with van der Waals surface area (Å²) in [7, 11) is 1.44. The molecule has 0 unspecified atom stereocenters. The van der Waals surface area contributed by atoms with Crippen molar-refractivity contribution in [2.75, 3.05) is 26.8 Å². The van der Waals surface area contributed by atoms with Crippen LogP contribution in [0.15, 0.2) is 30.3 Å². The maximum atomic E-state index is 12.4. The number of nitrogens with zero attached hydrogens (tertiary/aromatic N) is 2. The maximum Gasteiger partial charge on any atom is 0.408 e. The van der Waals surface area contributed by atoms with Crippen LogP contribution >= 0.6 is 0 Å². The van der Waals surface area contributed by atoms with E-state index in [0.29, 0.717) is 13.0 Å². The summed E-state index contributed by atoms with van der Waals surface area (Å²) >= 11 is 0. The van der Waals surface area contributed by atoms with E-state index in [-0.39, 0.29) is 25.6 Å². The molecule has 0 spiro atoms. The van der Waals surface area contributed by atoms with Gasteiger partial charge in [-0.2, -0.15) is 0 Å². The first kappa shape index (κ1) is 23.5. The van der Waals surface area contributed by atoms with E-state index in [0.717, 1.165) is 5.56 Å². The quantitative estimate of drug-likeness (QED) is 0.730. The lowest BCUT2D eigenvalue weighted by atomic mass is 9.97.